The number of nitrogens with two attached hydrogens (primary N) is 1. The van der Waals surface area contributed by atoms with Gasteiger partial charge in [0.05, 0.1) is 6.54 Å². The molecule has 1 aliphatic heterocycles. The van der Waals surface area contributed by atoms with Crippen LogP contribution in [0.5, 0.6) is 0 Å². The molecule has 3 nitrogen and oxygen atoms in total. The molecule has 0 atom stereocenters. The molecule has 20 heavy (non-hydrogen) atoms. The van der Waals surface area contributed by atoms with Gasteiger partial charge in [-0.15, -0.1) is 0 Å². The molecule has 2 N–H and O–H groups in total. The van der Waals surface area contributed by atoms with Crippen molar-refractivity contribution in [3.05, 3.63) is 35.4 Å². The maximum Gasteiger partial charge on any atom is 0.401 e. The van der Waals surface area contributed by atoms with Crippen molar-refractivity contribution in [3.8, 4) is 0 Å². The van der Waals surface area contributed by atoms with Crippen molar-refractivity contribution in [1.82, 2.24) is 9.80 Å². The maximum atomic E-state index is 12.3. The minimum absolute atomic E-state index is 0.468. The Bertz CT molecular complexity index is 426. The minimum atomic E-state index is -4.10. The molecular weight excluding hydrogens is 267 g/mol. The highest BCUT2D eigenvalue weighted by atomic mass is 19.4. The fraction of sp³-hybridized carbons (Fsp3) is 0.571. The fourth-order valence-corrected chi connectivity index (χ4v) is 2.47. The maximum absolute atomic E-state index is 12.3. The number of hydrogen-bond donors (Lipinski definition) is 1. The summed E-state index contributed by atoms with van der Waals surface area (Å²) in [4.78, 5) is 3.65. The molecule has 1 saturated heterocycles. The lowest BCUT2D eigenvalue weighted by atomic mass is 10.1. The molecule has 0 radical (unpaired) electrons. The van der Waals surface area contributed by atoms with E-state index in [-0.39, 0.29) is 0 Å². The van der Waals surface area contributed by atoms with Gasteiger partial charge in [0.15, 0.2) is 0 Å². The van der Waals surface area contributed by atoms with E-state index in [0.717, 1.165) is 17.7 Å². The Labute approximate surface area is 117 Å². The zero-order valence-electron chi connectivity index (χ0n) is 11.4. The van der Waals surface area contributed by atoms with Crippen LogP contribution in [0.2, 0.25) is 0 Å². The smallest absolute Gasteiger partial charge is 0.326 e. The molecule has 1 aliphatic rings. The quantitative estimate of drug-likeness (QED) is 0.917. The Hall–Kier alpha value is -1.11. The first-order valence-corrected chi connectivity index (χ1v) is 6.75. The predicted octanol–water partition coefficient (Wildman–Crippen LogP) is 1.83. The molecule has 1 fully saturated rings. The molecule has 0 saturated carbocycles. The molecule has 6 heteroatoms. The van der Waals surface area contributed by atoms with Crippen LogP contribution >= 0.6 is 0 Å². The van der Waals surface area contributed by atoms with Crippen molar-refractivity contribution >= 4 is 0 Å². The number of piperazine rings is 1. The molecular formula is C14H20F3N3. The van der Waals surface area contributed by atoms with E-state index in [4.69, 9.17) is 5.73 Å². The lowest BCUT2D eigenvalue weighted by Gasteiger charge is -2.35. The van der Waals surface area contributed by atoms with Crippen molar-refractivity contribution in [1.29, 1.82) is 0 Å². The number of benzene rings is 1. The van der Waals surface area contributed by atoms with Gasteiger partial charge >= 0.3 is 6.18 Å². The van der Waals surface area contributed by atoms with Crippen LogP contribution in [0.3, 0.4) is 0 Å². The second-order valence-electron chi connectivity index (χ2n) is 5.19. The SMILES string of the molecule is NCc1cccc(CN2CCN(CC(F)(F)F)CC2)c1. The standard InChI is InChI=1S/C14H20F3N3/c15-14(16,17)11-20-6-4-19(5-7-20)10-13-3-1-2-12(8-13)9-18/h1-3,8H,4-7,9-11,18H2. The highest BCUT2D eigenvalue weighted by Crippen LogP contribution is 2.18. The van der Waals surface area contributed by atoms with Crippen molar-refractivity contribution in [2.75, 3.05) is 32.7 Å². The van der Waals surface area contributed by atoms with Gasteiger partial charge in [-0.1, -0.05) is 24.3 Å². The summed E-state index contributed by atoms with van der Waals surface area (Å²) in [7, 11) is 0. The van der Waals surface area contributed by atoms with E-state index in [1.807, 2.05) is 18.2 Å². The number of hydrogen-bond acceptors (Lipinski definition) is 3. The van der Waals surface area contributed by atoms with Gasteiger partial charge < -0.3 is 5.73 Å². The number of nitrogens with zero attached hydrogens (tertiary/aromatic N) is 2. The molecule has 0 bridgehead atoms. The van der Waals surface area contributed by atoms with Gasteiger partial charge in [-0.3, -0.25) is 9.80 Å². The Morgan fingerprint density at radius 2 is 1.60 bits per heavy atom. The van der Waals surface area contributed by atoms with Crippen LogP contribution < -0.4 is 5.73 Å². The van der Waals surface area contributed by atoms with E-state index in [0.29, 0.717) is 32.7 Å². The Kier molecular flexibility index (Phi) is 5.01. The third kappa shape index (κ3) is 4.77. The predicted molar refractivity (Wildman–Crippen MR) is 72.1 cm³/mol. The van der Waals surface area contributed by atoms with Crippen LogP contribution in [-0.2, 0) is 13.1 Å². The van der Waals surface area contributed by atoms with E-state index in [1.165, 1.54) is 4.90 Å². The van der Waals surface area contributed by atoms with Crippen molar-refractivity contribution < 1.29 is 13.2 Å². The number of halogens is 3. The van der Waals surface area contributed by atoms with Gasteiger partial charge in [-0.05, 0) is 11.1 Å². The molecule has 0 spiro atoms. The Morgan fingerprint density at radius 1 is 1.00 bits per heavy atom. The van der Waals surface area contributed by atoms with Crippen LogP contribution in [0.4, 0.5) is 13.2 Å². The van der Waals surface area contributed by atoms with Crippen molar-refractivity contribution in [2.24, 2.45) is 5.73 Å². The van der Waals surface area contributed by atoms with E-state index in [1.54, 1.807) is 0 Å². The second-order valence-corrected chi connectivity index (χ2v) is 5.19. The summed E-state index contributed by atoms with van der Waals surface area (Å²) in [5, 5.41) is 0. The van der Waals surface area contributed by atoms with Crippen LogP contribution in [-0.4, -0.2) is 48.7 Å². The number of alkyl halides is 3. The third-order valence-corrected chi connectivity index (χ3v) is 3.50. The first-order chi connectivity index (χ1) is 9.46. The monoisotopic (exact) mass is 287 g/mol. The number of rotatable bonds is 4. The zero-order valence-corrected chi connectivity index (χ0v) is 11.4. The van der Waals surface area contributed by atoms with Gasteiger partial charge in [0.1, 0.15) is 0 Å². The fourth-order valence-electron chi connectivity index (χ4n) is 2.47. The first kappa shape index (κ1) is 15.3. The average molecular weight is 287 g/mol. The Balaban J connectivity index is 1.82. The van der Waals surface area contributed by atoms with Crippen LogP contribution in [0.1, 0.15) is 11.1 Å². The molecule has 1 heterocycles. The lowest BCUT2D eigenvalue weighted by molar-refractivity contribution is -0.149. The minimum Gasteiger partial charge on any atom is -0.326 e. The van der Waals surface area contributed by atoms with E-state index < -0.39 is 12.7 Å². The van der Waals surface area contributed by atoms with E-state index in [2.05, 4.69) is 11.0 Å². The normalized spacial score (nSPS) is 18.4. The summed E-state index contributed by atoms with van der Waals surface area (Å²) >= 11 is 0. The van der Waals surface area contributed by atoms with Crippen LogP contribution in [0, 0.1) is 0 Å². The summed E-state index contributed by atoms with van der Waals surface area (Å²) in [5.41, 5.74) is 7.85. The highest BCUT2D eigenvalue weighted by molar-refractivity contribution is 5.23. The topological polar surface area (TPSA) is 32.5 Å². The summed E-state index contributed by atoms with van der Waals surface area (Å²) in [6.45, 7) is 2.75. The highest BCUT2D eigenvalue weighted by Gasteiger charge is 2.32. The van der Waals surface area contributed by atoms with Gasteiger partial charge in [-0.2, -0.15) is 13.2 Å². The van der Waals surface area contributed by atoms with Gasteiger partial charge in [0.25, 0.3) is 0 Å². The van der Waals surface area contributed by atoms with Crippen molar-refractivity contribution in [2.45, 2.75) is 19.3 Å². The summed E-state index contributed by atoms with van der Waals surface area (Å²) in [6, 6.07) is 8.03. The molecule has 0 unspecified atom stereocenters. The second kappa shape index (κ2) is 6.56. The molecule has 112 valence electrons. The third-order valence-electron chi connectivity index (χ3n) is 3.50. The zero-order chi connectivity index (χ0) is 14.6. The van der Waals surface area contributed by atoms with Crippen LogP contribution in [0.25, 0.3) is 0 Å². The lowest BCUT2D eigenvalue weighted by Crippen LogP contribution is -2.48. The van der Waals surface area contributed by atoms with Gasteiger partial charge in [0, 0.05) is 39.3 Å². The van der Waals surface area contributed by atoms with E-state index in [9.17, 15) is 13.2 Å². The first-order valence-electron chi connectivity index (χ1n) is 6.75. The summed E-state index contributed by atoms with van der Waals surface area (Å²) < 4.78 is 36.9. The molecule has 1 aromatic carbocycles. The largest absolute Gasteiger partial charge is 0.401 e. The van der Waals surface area contributed by atoms with Crippen LogP contribution in [0.15, 0.2) is 24.3 Å². The molecule has 0 amide bonds. The Morgan fingerprint density at radius 3 is 2.20 bits per heavy atom. The summed E-state index contributed by atoms with van der Waals surface area (Å²) in [6.07, 6.45) is -4.10. The van der Waals surface area contributed by atoms with E-state index >= 15 is 0 Å². The van der Waals surface area contributed by atoms with Gasteiger partial charge in [0.2, 0.25) is 0 Å². The average Bonchev–Trinajstić information content (AvgIpc) is 2.40. The van der Waals surface area contributed by atoms with Crippen molar-refractivity contribution in [3.63, 3.8) is 0 Å². The molecule has 0 aromatic heterocycles. The molecule has 1 aromatic rings. The molecule has 2 rings (SSSR count). The summed E-state index contributed by atoms with van der Waals surface area (Å²) in [5.74, 6) is 0. The van der Waals surface area contributed by atoms with Gasteiger partial charge in [-0.25, -0.2) is 0 Å². The molecule has 0 aliphatic carbocycles.